The molecule has 0 aliphatic carbocycles. The Labute approximate surface area is 134 Å². The fraction of sp³-hybridized carbons (Fsp3) is 0. The second-order valence-corrected chi connectivity index (χ2v) is 4.64. The Bertz CT molecular complexity index is 838. The second-order valence-electron chi connectivity index (χ2n) is 4.64. The number of aromatic hydroxyl groups is 1. The van der Waals surface area contributed by atoms with Gasteiger partial charge < -0.3 is 15.2 Å². The highest BCUT2D eigenvalue weighted by molar-refractivity contribution is 6.58. The number of nitro groups is 2. The van der Waals surface area contributed by atoms with Crippen molar-refractivity contribution >= 4 is 35.9 Å². The molecule has 2 rings (SSSR count). The average molecular weight is 331 g/mol. The van der Waals surface area contributed by atoms with E-state index in [4.69, 9.17) is 10.0 Å². The Morgan fingerprint density at radius 1 is 1.08 bits per heavy atom. The molecule has 24 heavy (non-hydrogen) atoms. The maximum atomic E-state index is 10.9. The first-order valence-corrected chi connectivity index (χ1v) is 6.45. The van der Waals surface area contributed by atoms with Gasteiger partial charge in [-0.1, -0.05) is 12.1 Å². The van der Waals surface area contributed by atoms with E-state index in [2.05, 4.69) is 4.99 Å². The molecule has 2 aromatic carbocycles. The molecule has 10 nitrogen and oxygen atoms in total. The van der Waals surface area contributed by atoms with Gasteiger partial charge in [-0.3, -0.25) is 25.2 Å². The van der Waals surface area contributed by atoms with Crippen molar-refractivity contribution in [3.05, 3.63) is 62.2 Å². The number of aliphatic imine (C=N–C) groups is 1. The second kappa shape index (κ2) is 6.85. The van der Waals surface area contributed by atoms with Gasteiger partial charge in [0, 0.05) is 17.8 Å². The summed E-state index contributed by atoms with van der Waals surface area (Å²) in [6.07, 6.45) is 1.01. The smallest absolute Gasteiger partial charge is 0.488 e. The van der Waals surface area contributed by atoms with Crippen LogP contribution in [0.4, 0.5) is 17.1 Å². The Hall–Kier alpha value is -3.31. The van der Waals surface area contributed by atoms with Crippen LogP contribution in [-0.2, 0) is 0 Å². The number of nitro benzene ring substituents is 2. The molecule has 0 heterocycles. The highest BCUT2D eigenvalue weighted by atomic mass is 16.6. The van der Waals surface area contributed by atoms with Crippen LogP contribution in [-0.4, -0.2) is 38.3 Å². The van der Waals surface area contributed by atoms with Crippen molar-refractivity contribution in [1.29, 1.82) is 0 Å². The number of phenolic OH excluding ortho intramolecular Hbond substituents is 1. The van der Waals surface area contributed by atoms with Crippen LogP contribution in [0.5, 0.6) is 5.75 Å². The Balaban J connectivity index is 2.46. The van der Waals surface area contributed by atoms with Crippen molar-refractivity contribution in [2.45, 2.75) is 0 Å². The third kappa shape index (κ3) is 3.71. The molecule has 0 bridgehead atoms. The zero-order valence-electron chi connectivity index (χ0n) is 11.9. The van der Waals surface area contributed by atoms with E-state index in [1.807, 2.05) is 0 Å². The lowest BCUT2D eigenvalue weighted by Gasteiger charge is -2.02. The summed E-state index contributed by atoms with van der Waals surface area (Å²) >= 11 is 0. The summed E-state index contributed by atoms with van der Waals surface area (Å²) < 4.78 is 0. The minimum absolute atomic E-state index is 0.166. The van der Waals surface area contributed by atoms with Crippen molar-refractivity contribution in [3.63, 3.8) is 0 Å². The molecule has 0 radical (unpaired) electrons. The summed E-state index contributed by atoms with van der Waals surface area (Å²) in [7, 11) is -1.70. The predicted octanol–water partition coefficient (Wildman–Crippen LogP) is 0.639. The maximum Gasteiger partial charge on any atom is 0.488 e. The molecule has 0 spiro atoms. The topological polar surface area (TPSA) is 159 Å². The normalized spacial score (nSPS) is 10.8. The van der Waals surface area contributed by atoms with Gasteiger partial charge in [-0.15, -0.1) is 0 Å². The van der Waals surface area contributed by atoms with Crippen LogP contribution < -0.4 is 5.46 Å². The molecule has 0 aliphatic rings. The van der Waals surface area contributed by atoms with Gasteiger partial charge in [0.2, 0.25) is 5.75 Å². The number of benzene rings is 2. The molecule has 0 amide bonds. The van der Waals surface area contributed by atoms with Crippen LogP contribution in [0.25, 0.3) is 0 Å². The lowest BCUT2D eigenvalue weighted by Crippen LogP contribution is -2.29. The zero-order chi connectivity index (χ0) is 17.9. The number of hydrogen-bond donors (Lipinski definition) is 3. The molecular formula is C13H10BN3O7. The summed E-state index contributed by atoms with van der Waals surface area (Å²) in [5.41, 5.74) is -1.18. The summed E-state index contributed by atoms with van der Waals surface area (Å²) in [5.74, 6) is -0.757. The molecule has 0 atom stereocenters. The first-order chi connectivity index (χ1) is 11.3. The van der Waals surface area contributed by atoms with Crippen LogP contribution in [0.3, 0.4) is 0 Å². The number of phenols is 1. The van der Waals surface area contributed by atoms with Gasteiger partial charge in [-0.2, -0.15) is 0 Å². The van der Waals surface area contributed by atoms with Gasteiger partial charge in [0.25, 0.3) is 5.69 Å². The van der Waals surface area contributed by atoms with E-state index in [-0.39, 0.29) is 16.7 Å². The Morgan fingerprint density at radius 2 is 1.79 bits per heavy atom. The molecule has 0 saturated heterocycles. The fourth-order valence-electron chi connectivity index (χ4n) is 1.88. The van der Waals surface area contributed by atoms with E-state index in [9.17, 15) is 25.3 Å². The van der Waals surface area contributed by atoms with Gasteiger partial charge in [-0.25, -0.2) is 0 Å². The van der Waals surface area contributed by atoms with E-state index in [0.29, 0.717) is 6.07 Å². The van der Waals surface area contributed by atoms with Crippen molar-refractivity contribution in [2.75, 3.05) is 0 Å². The molecule has 0 unspecified atom stereocenters. The van der Waals surface area contributed by atoms with Crippen LogP contribution >= 0.6 is 0 Å². The third-order valence-corrected chi connectivity index (χ3v) is 3.03. The van der Waals surface area contributed by atoms with E-state index in [1.54, 1.807) is 0 Å². The number of hydrogen-bond acceptors (Lipinski definition) is 8. The van der Waals surface area contributed by atoms with Gasteiger partial charge in [-0.05, 0) is 17.6 Å². The predicted molar refractivity (Wildman–Crippen MR) is 84.9 cm³/mol. The molecule has 3 N–H and O–H groups in total. The molecule has 2 aromatic rings. The lowest BCUT2D eigenvalue weighted by molar-refractivity contribution is -0.394. The molecule has 0 fully saturated rings. The Kier molecular flexibility index (Phi) is 4.87. The minimum Gasteiger partial charge on any atom is -0.502 e. The highest BCUT2D eigenvalue weighted by Crippen LogP contribution is 2.33. The van der Waals surface area contributed by atoms with Crippen LogP contribution in [0.1, 0.15) is 5.56 Å². The summed E-state index contributed by atoms with van der Waals surface area (Å²) in [4.78, 5) is 23.9. The number of rotatable bonds is 5. The molecule has 122 valence electrons. The molecule has 0 aliphatic heterocycles. The lowest BCUT2D eigenvalue weighted by atomic mass is 9.80. The van der Waals surface area contributed by atoms with Crippen LogP contribution in [0.15, 0.2) is 41.4 Å². The number of non-ortho nitro benzene ring substituents is 1. The summed E-state index contributed by atoms with van der Waals surface area (Å²) in [6.45, 7) is 0. The SMILES string of the molecule is O=[N+]([O-])c1cc(C=Nc2cccc(B(O)O)c2)c(O)c([N+](=O)[O-])c1. The fourth-order valence-corrected chi connectivity index (χ4v) is 1.88. The van der Waals surface area contributed by atoms with Crippen molar-refractivity contribution < 1.29 is 25.0 Å². The zero-order valence-corrected chi connectivity index (χ0v) is 11.9. The third-order valence-electron chi connectivity index (χ3n) is 3.03. The first kappa shape index (κ1) is 17.1. The largest absolute Gasteiger partial charge is 0.502 e. The maximum absolute atomic E-state index is 10.9. The van der Waals surface area contributed by atoms with Gasteiger partial charge >= 0.3 is 12.8 Å². The molecule has 0 saturated carbocycles. The van der Waals surface area contributed by atoms with Crippen molar-refractivity contribution in [2.24, 2.45) is 4.99 Å². The Morgan fingerprint density at radius 3 is 2.38 bits per heavy atom. The summed E-state index contributed by atoms with van der Waals surface area (Å²) in [6, 6.07) is 7.37. The molecule has 0 aromatic heterocycles. The van der Waals surface area contributed by atoms with Crippen LogP contribution in [0.2, 0.25) is 0 Å². The number of nitrogens with zero attached hydrogens (tertiary/aromatic N) is 3. The van der Waals surface area contributed by atoms with Crippen molar-refractivity contribution in [1.82, 2.24) is 0 Å². The van der Waals surface area contributed by atoms with Gasteiger partial charge in [0.05, 0.1) is 21.6 Å². The quantitative estimate of drug-likeness (QED) is 0.313. The van der Waals surface area contributed by atoms with Crippen LogP contribution in [0, 0.1) is 20.2 Å². The van der Waals surface area contributed by atoms with E-state index in [1.165, 1.54) is 24.3 Å². The minimum atomic E-state index is -1.70. The van der Waals surface area contributed by atoms with Crippen molar-refractivity contribution in [3.8, 4) is 5.75 Å². The average Bonchev–Trinajstić information content (AvgIpc) is 2.53. The van der Waals surface area contributed by atoms with E-state index >= 15 is 0 Å². The standard InChI is InChI=1S/C13H10BN3O7/c18-13-8(4-11(16(21)22)6-12(13)17(23)24)7-15-10-3-1-2-9(5-10)14(19)20/h1-7,18-20H. The molecular weight excluding hydrogens is 321 g/mol. The summed E-state index contributed by atoms with van der Waals surface area (Å²) in [5, 5.41) is 49.7. The van der Waals surface area contributed by atoms with E-state index < -0.39 is 34.1 Å². The monoisotopic (exact) mass is 331 g/mol. The molecule has 11 heteroatoms. The first-order valence-electron chi connectivity index (χ1n) is 6.45. The van der Waals surface area contributed by atoms with Gasteiger partial charge in [0.15, 0.2) is 0 Å². The van der Waals surface area contributed by atoms with E-state index in [0.717, 1.165) is 12.3 Å². The van der Waals surface area contributed by atoms with Gasteiger partial charge in [0.1, 0.15) is 0 Å². The highest BCUT2D eigenvalue weighted by Gasteiger charge is 2.23.